The molecular formula is C18H15FOS. The van der Waals surface area contributed by atoms with Crippen LogP contribution in [0.3, 0.4) is 0 Å². The maximum absolute atomic E-state index is 13.9. The van der Waals surface area contributed by atoms with Gasteiger partial charge in [-0.1, -0.05) is 30.3 Å². The predicted octanol–water partition coefficient (Wildman–Crippen LogP) is 4.42. The van der Waals surface area contributed by atoms with Gasteiger partial charge in [-0.3, -0.25) is 0 Å². The van der Waals surface area contributed by atoms with E-state index in [-0.39, 0.29) is 5.82 Å². The van der Waals surface area contributed by atoms with Gasteiger partial charge < -0.3 is 5.11 Å². The number of aliphatic hydroxyl groups is 1. The second-order valence-electron chi connectivity index (χ2n) is 5.73. The van der Waals surface area contributed by atoms with E-state index in [0.717, 1.165) is 11.1 Å². The van der Waals surface area contributed by atoms with Crippen molar-refractivity contribution in [2.45, 2.75) is 24.9 Å². The quantitative estimate of drug-likeness (QED) is 0.742. The fourth-order valence-corrected chi connectivity index (χ4v) is 4.35. The van der Waals surface area contributed by atoms with Crippen LogP contribution < -0.4 is 0 Å². The second kappa shape index (κ2) is 4.65. The molecule has 1 atom stereocenters. The van der Waals surface area contributed by atoms with Crippen molar-refractivity contribution in [1.29, 1.82) is 0 Å². The van der Waals surface area contributed by atoms with Gasteiger partial charge in [-0.25, -0.2) is 4.39 Å². The molecule has 0 radical (unpaired) electrons. The third-order valence-corrected chi connectivity index (χ3v) is 5.47. The lowest BCUT2D eigenvalue weighted by Gasteiger charge is -2.24. The molecule has 3 heteroatoms. The zero-order chi connectivity index (χ0) is 14.4. The Morgan fingerprint density at radius 2 is 2.00 bits per heavy atom. The van der Waals surface area contributed by atoms with Crippen molar-refractivity contribution >= 4 is 21.4 Å². The predicted molar refractivity (Wildman–Crippen MR) is 84.1 cm³/mol. The Bertz CT molecular complexity index is 823. The van der Waals surface area contributed by atoms with E-state index in [1.807, 2.05) is 18.2 Å². The Morgan fingerprint density at radius 3 is 2.90 bits per heavy atom. The van der Waals surface area contributed by atoms with Crippen molar-refractivity contribution in [2.24, 2.45) is 0 Å². The van der Waals surface area contributed by atoms with Gasteiger partial charge >= 0.3 is 0 Å². The van der Waals surface area contributed by atoms with Crippen LogP contribution in [0.1, 0.15) is 23.1 Å². The number of hydrogen-bond donors (Lipinski definition) is 1. The summed E-state index contributed by atoms with van der Waals surface area (Å²) < 4.78 is 15.1. The Morgan fingerprint density at radius 1 is 1.14 bits per heavy atom. The molecule has 1 nitrogen and oxygen atoms in total. The van der Waals surface area contributed by atoms with Crippen LogP contribution in [-0.2, 0) is 18.4 Å². The molecule has 0 fully saturated rings. The first-order valence-electron chi connectivity index (χ1n) is 7.13. The summed E-state index contributed by atoms with van der Waals surface area (Å²) in [6, 6.07) is 13.3. The summed E-state index contributed by atoms with van der Waals surface area (Å²) in [4.78, 5) is 0. The van der Waals surface area contributed by atoms with Crippen LogP contribution in [0.4, 0.5) is 4.39 Å². The molecule has 0 spiro atoms. The van der Waals surface area contributed by atoms with Crippen molar-refractivity contribution in [3.8, 4) is 0 Å². The highest BCUT2D eigenvalue weighted by molar-refractivity contribution is 7.17. The second-order valence-corrected chi connectivity index (χ2v) is 6.64. The van der Waals surface area contributed by atoms with Gasteiger partial charge in [0.25, 0.3) is 0 Å². The van der Waals surface area contributed by atoms with Crippen molar-refractivity contribution in [3.63, 3.8) is 0 Å². The highest BCUT2D eigenvalue weighted by atomic mass is 32.1. The molecule has 0 bridgehead atoms. The molecule has 1 unspecified atom stereocenters. The number of fused-ring (bicyclic) bond motifs is 2. The normalized spacial score (nSPS) is 20.9. The first kappa shape index (κ1) is 13.0. The highest BCUT2D eigenvalue weighted by Gasteiger charge is 2.38. The molecule has 0 aliphatic heterocycles. The third kappa shape index (κ3) is 2.00. The van der Waals surface area contributed by atoms with E-state index in [0.29, 0.717) is 24.8 Å². The molecule has 21 heavy (non-hydrogen) atoms. The van der Waals surface area contributed by atoms with Crippen molar-refractivity contribution in [2.75, 3.05) is 0 Å². The van der Waals surface area contributed by atoms with E-state index < -0.39 is 5.60 Å². The zero-order valence-electron chi connectivity index (χ0n) is 11.5. The fourth-order valence-electron chi connectivity index (χ4n) is 3.38. The van der Waals surface area contributed by atoms with Crippen molar-refractivity contribution < 1.29 is 9.50 Å². The number of thiophene rings is 1. The smallest absolute Gasteiger partial charge is 0.126 e. The van der Waals surface area contributed by atoms with Crippen LogP contribution in [0.5, 0.6) is 0 Å². The van der Waals surface area contributed by atoms with E-state index in [4.69, 9.17) is 0 Å². The minimum atomic E-state index is -0.943. The largest absolute Gasteiger partial charge is 0.385 e. The van der Waals surface area contributed by atoms with E-state index in [1.165, 1.54) is 16.2 Å². The molecule has 1 aliphatic rings. The SMILES string of the molecule is OC1(Cc2csc3ccccc23)CCc2c(F)cccc21. The monoisotopic (exact) mass is 298 g/mol. The van der Waals surface area contributed by atoms with Crippen LogP contribution in [-0.4, -0.2) is 5.11 Å². The van der Waals surface area contributed by atoms with Crippen LogP contribution in [0.15, 0.2) is 47.8 Å². The Labute approximate surface area is 126 Å². The lowest BCUT2D eigenvalue weighted by molar-refractivity contribution is 0.0393. The Hall–Kier alpha value is -1.71. The first-order valence-corrected chi connectivity index (χ1v) is 8.01. The molecule has 1 aromatic heterocycles. The summed E-state index contributed by atoms with van der Waals surface area (Å²) in [6.45, 7) is 0. The van der Waals surface area contributed by atoms with E-state index in [1.54, 1.807) is 17.4 Å². The molecular weight excluding hydrogens is 283 g/mol. The molecule has 1 N–H and O–H groups in total. The van der Waals surface area contributed by atoms with Crippen LogP contribution in [0.2, 0.25) is 0 Å². The fraction of sp³-hybridized carbons (Fsp3) is 0.222. The summed E-state index contributed by atoms with van der Waals surface area (Å²) in [7, 11) is 0. The van der Waals surface area contributed by atoms with Gasteiger partial charge in [0.2, 0.25) is 0 Å². The molecule has 0 amide bonds. The average Bonchev–Trinajstić information content (AvgIpc) is 3.04. The maximum atomic E-state index is 13.9. The molecule has 0 saturated heterocycles. The lowest BCUT2D eigenvalue weighted by atomic mass is 9.88. The van der Waals surface area contributed by atoms with Crippen LogP contribution >= 0.6 is 11.3 Å². The molecule has 2 aromatic carbocycles. The van der Waals surface area contributed by atoms with Crippen molar-refractivity contribution in [1.82, 2.24) is 0 Å². The molecule has 106 valence electrons. The van der Waals surface area contributed by atoms with E-state index in [2.05, 4.69) is 17.5 Å². The van der Waals surface area contributed by atoms with E-state index in [9.17, 15) is 9.50 Å². The number of hydrogen-bond acceptors (Lipinski definition) is 2. The zero-order valence-corrected chi connectivity index (χ0v) is 12.3. The van der Waals surface area contributed by atoms with Gasteiger partial charge in [0.1, 0.15) is 5.82 Å². The standard InChI is InChI=1S/C18H15FOS/c19-16-6-3-5-15-14(16)8-9-18(15,20)10-12-11-21-17-7-2-1-4-13(12)17/h1-7,11,20H,8-10H2. The van der Waals surface area contributed by atoms with Crippen molar-refractivity contribution in [3.05, 3.63) is 70.4 Å². The van der Waals surface area contributed by atoms with Gasteiger partial charge in [-0.2, -0.15) is 0 Å². The molecule has 1 heterocycles. The summed E-state index contributed by atoms with van der Waals surface area (Å²) in [5.74, 6) is -0.196. The number of benzene rings is 2. The number of rotatable bonds is 2. The summed E-state index contributed by atoms with van der Waals surface area (Å²) >= 11 is 1.70. The number of halogens is 1. The minimum Gasteiger partial charge on any atom is -0.385 e. The Kier molecular flexibility index (Phi) is 2.88. The van der Waals surface area contributed by atoms with Gasteiger partial charge in [0.05, 0.1) is 5.60 Å². The molecule has 1 aliphatic carbocycles. The minimum absolute atomic E-state index is 0.196. The third-order valence-electron chi connectivity index (χ3n) is 4.45. The summed E-state index contributed by atoms with van der Waals surface area (Å²) in [6.07, 6.45) is 1.75. The maximum Gasteiger partial charge on any atom is 0.126 e. The molecule has 4 rings (SSSR count). The summed E-state index contributed by atoms with van der Waals surface area (Å²) in [5, 5.41) is 14.3. The van der Waals surface area contributed by atoms with Crippen LogP contribution in [0, 0.1) is 5.82 Å². The van der Waals surface area contributed by atoms with Gasteiger partial charge in [0.15, 0.2) is 0 Å². The lowest BCUT2D eigenvalue weighted by Crippen LogP contribution is -2.25. The molecule has 3 aromatic rings. The molecule has 0 saturated carbocycles. The van der Waals surface area contributed by atoms with Crippen LogP contribution in [0.25, 0.3) is 10.1 Å². The van der Waals surface area contributed by atoms with Gasteiger partial charge in [0, 0.05) is 11.1 Å². The van der Waals surface area contributed by atoms with E-state index >= 15 is 0 Å². The van der Waals surface area contributed by atoms with Gasteiger partial charge in [-0.05, 0) is 52.4 Å². The summed E-state index contributed by atoms with van der Waals surface area (Å²) in [5.41, 5.74) is 1.65. The first-order chi connectivity index (χ1) is 10.2. The van der Waals surface area contributed by atoms with Gasteiger partial charge in [-0.15, -0.1) is 11.3 Å². The highest BCUT2D eigenvalue weighted by Crippen LogP contribution is 2.42. The average molecular weight is 298 g/mol. The Balaban J connectivity index is 1.77. The topological polar surface area (TPSA) is 20.2 Å².